The van der Waals surface area contributed by atoms with Crippen molar-refractivity contribution in [3.8, 4) is 5.69 Å². The molecule has 0 radical (unpaired) electrons. The molecule has 0 bridgehead atoms. The molecule has 6 heteroatoms. The number of benzene rings is 3. The van der Waals surface area contributed by atoms with Crippen molar-refractivity contribution < 1.29 is 9.59 Å². The van der Waals surface area contributed by atoms with E-state index in [-0.39, 0.29) is 17.1 Å². The lowest BCUT2D eigenvalue weighted by Gasteiger charge is -2.06. The molecule has 0 aliphatic heterocycles. The number of carbonyl (C=O) groups is 2. The van der Waals surface area contributed by atoms with Crippen molar-refractivity contribution in [2.75, 3.05) is 0 Å². The SMILES string of the molecule is Cc1nc2c(nc(C=C3C(=O)c4cc5ccccc5cc4C3=O)n2-c2ccccc2)n1C. The number of hydrogen-bond donors (Lipinski definition) is 0. The van der Waals surface area contributed by atoms with Gasteiger partial charge in [-0.15, -0.1) is 0 Å². The number of fused-ring (bicyclic) bond motifs is 3. The van der Waals surface area contributed by atoms with Crippen molar-refractivity contribution in [2.45, 2.75) is 6.92 Å². The fourth-order valence-corrected chi connectivity index (χ4v) is 4.32. The Kier molecular flexibility index (Phi) is 3.80. The van der Waals surface area contributed by atoms with Gasteiger partial charge in [0.15, 0.2) is 22.9 Å². The Morgan fingerprint density at radius 3 is 2.00 bits per heavy atom. The number of para-hydroxylation sites is 1. The second-order valence-corrected chi connectivity index (χ2v) is 7.97. The second-order valence-electron chi connectivity index (χ2n) is 7.97. The third-order valence-electron chi connectivity index (χ3n) is 6.08. The smallest absolute Gasteiger partial charge is 0.197 e. The van der Waals surface area contributed by atoms with Crippen LogP contribution >= 0.6 is 0 Å². The summed E-state index contributed by atoms with van der Waals surface area (Å²) in [5, 5.41) is 1.87. The largest absolute Gasteiger partial charge is 0.315 e. The Morgan fingerprint density at radius 2 is 1.38 bits per heavy atom. The van der Waals surface area contributed by atoms with Gasteiger partial charge in [0.05, 0.1) is 5.57 Å². The van der Waals surface area contributed by atoms with Crippen LogP contribution < -0.4 is 0 Å². The number of rotatable bonds is 2. The first-order valence-electron chi connectivity index (χ1n) is 10.3. The average Bonchev–Trinajstić information content (AvgIpc) is 3.38. The molecule has 0 saturated heterocycles. The van der Waals surface area contributed by atoms with E-state index in [4.69, 9.17) is 4.98 Å². The van der Waals surface area contributed by atoms with Gasteiger partial charge in [-0.1, -0.05) is 42.5 Å². The predicted molar refractivity (Wildman–Crippen MR) is 123 cm³/mol. The molecule has 0 N–H and O–H groups in total. The van der Waals surface area contributed by atoms with Crippen LogP contribution in [0.1, 0.15) is 32.4 Å². The summed E-state index contributed by atoms with van der Waals surface area (Å²) in [6.07, 6.45) is 1.60. The van der Waals surface area contributed by atoms with Gasteiger partial charge in [0.1, 0.15) is 11.6 Å². The number of aromatic nitrogens is 4. The van der Waals surface area contributed by atoms with E-state index in [1.54, 1.807) is 18.2 Å². The van der Waals surface area contributed by atoms with Crippen molar-refractivity contribution in [1.82, 2.24) is 19.1 Å². The van der Waals surface area contributed by atoms with Crippen molar-refractivity contribution in [3.63, 3.8) is 0 Å². The summed E-state index contributed by atoms with van der Waals surface area (Å²) in [6, 6.07) is 21.0. The first-order valence-corrected chi connectivity index (χ1v) is 10.3. The van der Waals surface area contributed by atoms with Gasteiger partial charge in [0, 0.05) is 23.9 Å². The zero-order chi connectivity index (χ0) is 22.0. The summed E-state index contributed by atoms with van der Waals surface area (Å²) in [4.78, 5) is 35.9. The van der Waals surface area contributed by atoms with Crippen molar-refractivity contribution in [2.24, 2.45) is 7.05 Å². The molecule has 0 amide bonds. The van der Waals surface area contributed by atoms with Crippen LogP contribution in [-0.4, -0.2) is 30.7 Å². The molecule has 0 unspecified atom stereocenters. The number of hydrogen-bond acceptors (Lipinski definition) is 4. The van der Waals surface area contributed by atoms with E-state index in [9.17, 15) is 9.59 Å². The van der Waals surface area contributed by atoms with E-state index in [0.717, 1.165) is 22.3 Å². The van der Waals surface area contributed by atoms with Crippen LogP contribution in [0.15, 0.2) is 72.3 Å². The van der Waals surface area contributed by atoms with Gasteiger partial charge >= 0.3 is 0 Å². The van der Waals surface area contributed by atoms with Crippen LogP contribution in [-0.2, 0) is 7.05 Å². The van der Waals surface area contributed by atoms with E-state index < -0.39 is 0 Å². The highest BCUT2D eigenvalue weighted by Crippen LogP contribution is 2.32. The highest BCUT2D eigenvalue weighted by molar-refractivity contribution is 6.42. The molecule has 154 valence electrons. The predicted octanol–water partition coefficient (Wildman–Crippen LogP) is 4.68. The number of allylic oxidation sites excluding steroid dienone is 1. The zero-order valence-corrected chi connectivity index (χ0v) is 17.5. The normalized spacial score (nSPS) is 13.4. The lowest BCUT2D eigenvalue weighted by Crippen LogP contribution is -2.04. The topological polar surface area (TPSA) is 69.8 Å². The monoisotopic (exact) mass is 418 g/mol. The fourth-order valence-electron chi connectivity index (χ4n) is 4.32. The number of aryl methyl sites for hydroxylation is 2. The van der Waals surface area contributed by atoms with E-state index in [0.29, 0.717) is 28.2 Å². The molecular formula is C26H18N4O2. The van der Waals surface area contributed by atoms with Gasteiger partial charge in [-0.2, -0.15) is 0 Å². The maximum Gasteiger partial charge on any atom is 0.197 e. The molecule has 1 aliphatic rings. The number of carbonyl (C=O) groups excluding carboxylic acids is 2. The van der Waals surface area contributed by atoms with E-state index >= 15 is 0 Å². The summed E-state index contributed by atoms with van der Waals surface area (Å²) in [5.74, 6) is 0.787. The first-order chi connectivity index (χ1) is 15.5. The molecule has 1 aliphatic carbocycles. The molecule has 0 atom stereocenters. The molecule has 6 rings (SSSR count). The quantitative estimate of drug-likeness (QED) is 0.308. The Bertz CT molecular complexity index is 1560. The first kappa shape index (κ1) is 18.4. The summed E-state index contributed by atoms with van der Waals surface area (Å²) in [5.41, 5.74) is 3.25. The Hall–Kier alpha value is -4.32. The maximum absolute atomic E-state index is 13.2. The highest BCUT2D eigenvalue weighted by Gasteiger charge is 2.34. The van der Waals surface area contributed by atoms with Gasteiger partial charge in [0.25, 0.3) is 0 Å². The number of imidazole rings is 2. The van der Waals surface area contributed by atoms with Crippen molar-refractivity contribution in [1.29, 1.82) is 0 Å². The van der Waals surface area contributed by atoms with Crippen molar-refractivity contribution in [3.05, 3.63) is 95.1 Å². The lowest BCUT2D eigenvalue weighted by molar-refractivity contribution is 0.0990. The molecule has 0 saturated carbocycles. The molecule has 5 aromatic rings. The third-order valence-corrected chi connectivity index (χ3v) is 6.08. The maximum atomic E-state index is 13.2. The van der Waals surface area contributed by atoms with Gasteiger partial charge in [-0.05, 0) is 48.0 Å². The molecule has 2 heterocycles. The Morgan fingerprint density at radius 1 is 0.781 bits per heavy atom. The minimum atomic E-state index is -0.272. The third kappa shape index (κ3) is 2.53. The van der Waals surface area contributed by atoms with Crippen LogP contribution in [0.2, 0.25) is 0 Å². The summed E-state index contributed by atoms with van der Waals surface area (Å²) in [6.45, 7) is 1.92. The molecule has 3 aromatic carbocycles. The Balaban J connectivity index is 1.57. The molecule has 6 nitrogen and oxygen atoms in total. The number of ketones is 2. The minimum absolute atomic E-state index is 0.125. The number of nitrogens with zero attached hydrogens (tertiary/aromatic N) is 4. The highest BCUT2D eigenvalue weighted by atomic mass is 16.2. The van der Waals surface area contributed by atoms with Gasteiger partial charge in [-0.3, -0.25) is 14.2 Å². The molecule has 2 aromatic heterocycles. The lowest BCUT2D eigenvalue weighted by atomic mass is 10.0. The van der Waals surface area contributed by atoms with Crippen LogP contribution in [0.3, 0.4) is 0 Å². The van der Waals surface area contributed by atoms with Gasteiger partial charge in [-0.25, -0.2) is 9.97 Å². The van der Waals surface area contributed by atoms with Crippen LogP contribution in [0.4, 0.5) is 0 Å². The van der Waals surface area contributed by atoms with E-state index in [2.05, 4.69) is 4.98 Å². The Labute approximate surface area is 183 Å². The van der Waals surface area contributed by atoms with Crippen LogP contribution in [0.25, 0.3) is 33.8 Å². The fraction of sp³-hybridized carbons (Fsp3) is 0.0769. The molecular weight excluding hydrogens is 400 g/mol. The van der Waals surface area contributed by atoms with Gasteiger partial charge < -0.3 is 4.57 Å². The minimum Gasteiger partial charge on any atom is -0.315 e. The summed E-state index contributed by atoms with van der Waals surface area (Å²) >= 11 is 0. The number of Topliss-reactive ketones (excluding diaryl/α,β-unsaturated/α-hetero) is 2. The van der Waals surface area contributed by atoms with Crippen molar-refractivity contribution >= 4 is 39.7 Å². The van der Waals surface area contributed by atoms with Crippen LogP contribution in [0.5, 0.6) is 0 Å². The zero-order valence-electron chi connectivity index (χ0n) is 17.5. The van der Waals surface area contributed by atoms with E-state index in [1.165, 1.54) is 0 Å². The van der Waals surface area contributed by atoms with Crippen LogP contribution in [0, 0.1) is 6.92 Å². The summed E-state index contributed by atoms with van der Waals surface area (Å²) < 4.78 is 3.78. The standard InChI is InChI=1S/C26H18N4O2/c1-15-27-26-25(29(15)2)28-22(30(26)18-10-4-3-5-11-18)14-21-23(31)19-12-16-8-6-7-9-17(16)13-20(19)24(21)32/h3-14H,1-2H3. The van der Waals surface area contributed by atoms with E-state index in [1.807, 2.05) is 77.7 Å². The molecule has 32 heavy (non-hydrogen) atoms. The molecule has 0 spiro atoms. The average molecular weight is 418 g/mol. The molecule has 0 fully saturated rings. The van der Waals surface area contributed by atoms with Gasteiger partial charge in [0.2, 0.25) is 0 Å². The summed E-state index contributed by atoms with van der Waals surface area (Å²) in [7, 11) is 1.90. The second kappa shape index (κ2) is 6.59.